The molecule has 3 N–H and O–H groups in total. The van der Waals surface area contributed by atoms with Crippen LogP contribution in [0.25, 0.3) is 0 Å². The number of carbonyl (C=O) groups is 1. The van der Waals surface area contributed by atoms with E-state index in [2.05, 4.69) is 16.1 Å². The predicted molar refractivity (Wildman–Crippen MR) is 28.8 cm³/mol. The number of hydrogen-bond donors (Lipinski definition) is 2. The summed E-state index contributed by atoms with van der Waals surface area (Å²) in [7, 11) is 1.65. The van der Waals surface area contributed by atoms with Crippen molar-refractivity contribution in [2.45, 2.75) is 13.0 Å². The highest BCUT2D eigenvalue weighted by atomic mass is 16.7. The zero-order valence-corrected chi connectivity index (χ0v) is 4.97. The second kappa shape index (κ2) is 3.40. The molecule has 0 saturated heterocycles. The van der Waals surface area contributed by atoms with Gasteiger partial charge in [0.2, 0.25) is 0 Å². The van der Waals surface area contributed by atoms with Crippen LogP contribution in [0.1, 0.15) is 6.92 Å². The number of nitrogens with one attached hydrogen (secondary N) is 1. The number of carbonyl (C=O) groups excluding carboxylic acids is 1. The van der Waals surface area contributed by atoms with Crippen molar-refractivity contribution in [1.82, 2.24) is 5.32 Å². The number of nitrogens with two attached hydrogens (primary N) is 1. The first kappa shape index (κ1) is 7.39. The SMILES string of the molecule is CN[C@@H](C)C(=O)ON. The van der Waals surface area contributed by atoms with Crippen LogP contribution in [0.2, 0.25) is 0 Å². The molecule has 0 aliphatic rings. The normalized spacial score (nSPS) is 12.9. The molecule has 0 spiro atoms. The first-order valence-corrected chi connectivity index (χ1v) is 2.30. The zero-order valence-electron chi connectivity index (χ0n) is 4.97. The van der Waals surface area contributed by atoms with Crippen LogP contribution < -0.4 is 11.2 Å². The second-order valence-electron chi connectivity index (χ2n) is 1.45. The van der Waals surface area contributed by atoms with Crippen LogP contribution in [-0.4, -0.2) is 19.1 Å². The van der Waals surface area contributed by atoms with Gasteiger partial charge in [-0.15, -0.1) is 0 Å². The Morgan fingerprint density at radius 1 is 1.88 bits per heavy atom. The minimum atomic E-state index is -0.451. The summed E-state index contributed by atoms with van der Waals surface area (Å²) in [6.45, 7) is 1.66. The summed E-state index contributed by atoms with van der Waals surface area (Å²) in [5.74, 6) is 4.11. The van der Waals surface area contributed by atoms with Crippen molar-refractivity contribution in [3.05, 3.63) is 0 Å². The van der Waals surface area contributed by atoms with Crippen LogP contribution in [0.5, 0.6) is 0 Å². The van der Waals surface area contributed by atoms with Gasteiger partial charge in [0, 0.05) is 0 Å². The third-order valence-electron chi connectivity index (χ3n) is 0.903. The van der Waals surface area contributed by atoms with Crippen LogP contribution in [0, 0.1) is 0 Å². The summed E-state index contributed by atoms with van der Waals surface area (Å²) >= 11 is 0. The highest BCUT2D eigenvalue weighted by Gasteiger charge is 2.08. The minimum Gasteiger partial charge on any atom is -0.372 e. The lowest BCUT2D eigenvalue weighted by molar-refractivity contribution is -0.146. The van der Waals surface area contributed by atoms with E-state index in [9.17, 15) is 4.79 Å². The van der Waals surface area contributed by atoms with Crippen molar-refractivity contribution in [1.29, 1.82) is 0 Å². The average Bonchev–Trinajstić information content (AvgIpc) is 1.84. The first-order valence-electron chi connectivity index (χ1n) is 2.30. The molecule has 0 aromatic carbocycles. The molecule has 0 aromatic rings. The van der Waals surface area contributed by atoms with E-state index in [-0.39, 0.29) is 6.04 Å². The molecule has 0 saturated carbocycles. The van der Waals surface area contributed by atoms with E-state index in [1.807, 2.05) is 0 Å². The van der Waals surface area contributed by atoms with Crippen molar-refractivity contribution in [2.75, 3.05) is 7.05 Å². The van der Waals surface area contributed by atoms with E-state index < -0.39 is 5.97 Å². The second-order valence-corrected chi connectivity index (χ2v) is 1.45. The topological polar surface area (TPSA) is 64.3 Å². The van der Waals surface area contributed by atoms with Gasteiger partial charge in [-0.2, -0.15) is 5.90 Å². The van der Waals surface area contributed by atoms with Crippen molar-refractivity contribution >= 4 is 5.97 Å². The Kier molecular flexibility index (Phi) is 3.14. The lowest BCUT2D eigenvalue weighted by Crippen LogP contribution is -2.33. The van der Waals surface area contributed by atoms with Crippen LogP contribution in [0.4, 0.5) is 0 Å². The third-order valence-corrected chi connectivity index (χ3v) is 0.903. The van der Waals surface area contributed by atoms with Crippen LogP contribution >= 0.6 is 0 Å². The van der Waals surface area contributed by atoms with Gasteiger partial charge in [0.25, 0.3) is 0 Å². The minimum absolute atomic E-state index is 0.319. The summed E-state index contributed by atoms with van der Waals surface area (Å²) in [5, 5.41) is 2.66. The number of hydrogen-bond acceptors (Lipinski definition) is 4. The Hall–Kier alpha value is -0.610. The fourth-order valence-electron chi connectivity index (χ4n) is 0.220. The molecule has 0 amide bonds. The number of rotatable bonds is 2. The van der Waals surface area contributed by atoms with Crippen LogP contribution in [0.15, 0.2) is 0 Å². The summed E-state index contributed by atoms with van der Waals surface area (Å²) in [6, 6.07) is -0.319. The van der Waals surface area contributed by atoms with E-state index in [0.29, 0.717) is 0 Å². The smallest absolute Gasteiger partial charge is 0.341 e. The molecular formula is C4H10N2O2. The molecule has 4 heteroatoms. The van der Waals surface area contributed by atoms with Gasteiger partial charge in [-0.3, -0.25) is 0 Å². The van der Waals surface area contributed by atoms with Gasteiger partial charge in [0.15, 0.2) is 0 Å². The molecule has 48 valence electrons. The van der Waals surface area contributed by atoms with Crippen molar-refractivity contribution in [3.8, 4) is 0 Å². The monoisotopic (exact) mass is 118 g/mol. The van der Waals surface area contributed by atoms with E-state index in [4.69, 9.17) is 0 Å². The zero-order chi connectivity index (χ0) is 6.57. The average molecular weight is 118 g/mol. The molecule has 0 aromatic heterocycles. The number of likely N-dealkylation sites (N-methyl/N-ethyl adjacent to an activating group) is 1. The molecule has 8 heavy (non-hydrogen) atoms. The molecule has 0 heterocycles. The summed E-state index contributed by atoms with van der Waals surface area (Å²) in [5.41, 5.74) is 0. The Bertz CT molecular complexity index is 84.1. The lowest BCUT2D eigenvalue weighted by atomic mass is 10.4. The van der Waals surface area contributed by atoms with Gasteiger partial charge in [-0.1, -0.05) is 0 Å². The molecule has 0 unspecified atom stereocenters. The quantitative estimate of drug-likeness (QED) is 0.457. The maximum absolute atomic E-state index is 10.3. The van der Waals surface area contributed by atoms with Crippen LogP contribution in [0.3, 0.4) is 0 Å². The van der Waals surface area contributed by atoms with Crippen molar-refractivity contribution < 1.29 is 9.63 Å². The lowest BCUT2D eigenvalue weighted by Gasteiger charge is -2.03. The summed E-state index contributed by atoms with van der Waals surface area (Å²) in [4.78, 5) is 14.2. The third kappa shape index (κ3) is 1.90. The Morgan fingerprint density at radius 3 is 2.50 bits per heavy atom. The van der Waals surface area contributed by atoms with Gasteiger partial charge in [0.1, 0.15) is 6.04 Å². The van der Waals surface area contributed by atoms with Gasteiger partial charge in [-0.05, 0) is 14.0 Å². The fraction of sp³-hybridized carbons (Fsp3) is 0.750. The summed E-state index contributed by atoms with van der Waals surface area (Å²) < 4.78 is 0. The summed E-state index contributed by atoms with van der Waals surface area (Å²) in [6.07, 6.45) is 0. The van der Waals surface area contributed by atoms with E-state index >= 15 is 0 Å². The highest BCUT2D eigenvalue weighted by molar-refractivity contribution is 5.74. The maximum atomic E-state index is 10.3. The molecule has 0 fully saturated rings. The highest BCUT2D eigenvalue weighted by Crippen LogP contribution is 1.79. The Morgan fingerprint density at radius 2 is 2.38 bits per heavy atom. The van der Waals surface area contributed by atoms with Crippen LogP contribution in [-0.2, 0) is 9.63 Å². The van der Waals surface area contributed by atoms with E-state index in [1.54, 1.807) is 14.0 Å². The molecule has 4 nitrogen and oxygen atoms in total. The molecule has 0 radical (unpaired) electrons. The van der Waals surface area contributed by atoms with Gasteiger partial charge < -0.3 is 10.2 Å². The Labute approximate surface area is 48.0 Å². The Balaban J connectivity index is 3.46. The molecule has 0 aliphatic heterocycles. The van der Waals surface area contributed by atoms with Crippen molar-refractivity contribution in [3.63, 3.8) is 0 Å². The largest absolute Gasteiger partial charge is 0.372 e. The fourth-order valence-corrected chi connectivity index (χ4v) is 0.220. The standard InChI is InChI=1S/C4H10N2O2/c1-3(6-2)4(7)8-5/h3,6H,5H2,1-2H3/t3-/m0/s1. The maximum Gasteiger partial charge on any atom is 0.341 e. The van der Waals surface area contributed by atoms with Gasteiger partial charge in [-0.25, -0.2) is 4.79 Å². The molecule has 0 bridgehead atoms. The first-order chi connectivity index (χ1) is 3.72. The molecule has 0 aliphatic carbocycles. The van der Waals surface area contributed by atoms with E-state index in [0.717, 1.165) is 0 Å². The van der Waals surface area contributed by atoms with E-state index in [1.165, 1.54) is 0 Å². The molecule has 1 atom stereocenters. The van der Waals surface area contributed by atoms with Crippen molar-refractivity contribution in [2.24, 2.45) is 5.90 Å². The molecule has 0 rings (SSSR count). The van der Waals surface area contributed by atoms with Gasteiger partial charge in [0.05, 0.1) is 0 Å². The van der Waals surface area contributed by atoms with Gasteiger partial charge >= 0.3 is 5.97 Å². The predicted octanol–water partition coefficient (Wildman–Crippen LogP) is -0.989. The molecular weight excluding hydrogens is 108 g/mol.